The van der Waals surface area contributed by atoms with Gasteiger partial charge in [0.2, 0.25) is 21.8 Å². The van der Waals surface area contributed by atoms with Gasteiger partial charge in [0.15, 0.2) is 0 Å². The number of aryl methyl sites for hydroxylation is 1. The van der Waals surface area contributed by atoms with Crippen LogP contribution in [0.5, 0.6) is 0 Å². The number of carbonyl (C=O) groups is 2. The van der Waals surface area contributed by atoms with Crippen molar-refractivity contribution in [2.75, 3.05) is 6.54 Å². The molecule has 2 aromatic rings. The maximum Gasteiger partial charge on any atom is 0.242 e. The summed E-state index contributed by atoms with van der Waals surface area (Å²) in [6.07, 6.45) is 4.25. The summed E-state index contributed by atoms with van der Waals surface area (Å²) in [4.78, 5) is 27.7. The van der Waals surface area contributed by atoms with Gasteiger partial charge in [0.1, 0.15) is 6.04 Å². The first kappa shape index (κ1) is 27.2. The Morgan fingerprint density at radius 2 is 1.69 bits per heavy atom. The summed E-state index contributed by atoms with van der Waals surface area (Å²) in [5, 5.41) is 3.52. The SMILES string of the molecule is CCCCNC(=O)[C@@H](C)N(Cc1ccc(Cl)cc1)C(=O)CCc1ccc(S(=O)(=O)NC2CC2)cc1. The van der Waals surface area contributed by atoms with Crippen LogP contribution in [0.1, 0.15) is 57.1 Å². The lowest BCUT2D eigenvalue weighted by Gasteiger charge is -2.29. The molecule has 0 aromatic heterocycles. The van der Waals surface area contributed by atoms with Crippen LogP contribution in [0.2, 0.25) is 5.02 Å². The van der Waals surface area contributed by atoms with Crippen LogP contribution < -0.4 is 10.0 Å². The Morgan fingerprint density at radius 3 is 2.29 bits per heavy atom. The molecule has 2 aromatic carbocycles. The first-order valence-electron chi connectivity index (χ1n) is 12.1. The molecule has 0 bridgehead atoms. The Morgan fingerprint density at radius 1 is 1.06 bits per heavy atom. The molecule has 1 aliphatic rings. The van der Waals surface area contributed by atoms with Crippen molar-refractivity contribution in [3.63, 3.8) is 0 Å². The predicted octanol–water partition coefficient (Wildman–Crippen LogP) is 4.05. The zero-order valence-corrected chi connectivity index (χ0v) is 21.9. The van der Waals surface area contributed by atoms with Crippen molar-refractivity contribution in [2.24, 2.45) is 0 Å². The summed E-state index contributed by atoms with van der Waals surface area (Å²) in [5.74, 6) is -0.330. The maximum absolute atomic E-state index is 13.2. The van der Waals surface area contributed by atoms with Crippen LogP contribution in [0.15, 0.2) is 53.4 Å². The Hall–Kier alpha value is -2.42. The van der Waals surface area contributed by atoms with E-state index in [0.717, 1.165) is 36.8 Å². The molecular formula is C26H34ClN3O4S. The summed E-state index contributed by atoms with van der Waals surface area (Å²) in [7, 11) is -3.51. The monoisotopic (exact) mass is 519 g/mol. The van der Waals surface area contributed by atoms with Crippen molar-refractivity contribution in [1.82, 2.24) is 14.9 Å². The van der Waals surface area contributed by atoms with Gasteiger partial charge in [0.05, 0.1) is 4.90 Å². The van der Waals surface area contributed by atoms with Crippen molar-refractivity contribution in [1.29, 1.82) is 0 Å². The standard InChI is InChI=1S/C26H34ClN3O4S/c1-3-4-17-28-26(32)19(2)30(18-21-5-10-22(27)11-6-21)25(31)16-9-20-7-14-24(15-8-20)35(33,34)29-23-12-13-23/h5-8,10-11,14-15,19,23,29H,3-4,9,12-13,16-18H2,1-2H3,(H,28,32)/t19-/m1/s1. The fraction of sp³-hybridized carbons (Fsp3) is 0.462. The molecule has 1 atom stereocenters. The largest absolute Gasteiger partial charge is 0.354 e. The summed E-state index contributed by atoms with van der Waals surface area (Å²) in [6.45, 7) is 4.66. The maximum atomic E-state index is 13.2. The number of benzene rings is 2. The van der Waals surface area contributed by atoms with E-state index in [1.165, 1.54) is 0 Å². The van der Waals surface area contributed by atoms with E-state index in [-0.39, 0.29) is 29.2 Å². The quantitative estimate of drug-likeness (QED) is 0.390. The van der Waals surface area contributed by atoms with Crippen LogP contribution in [0.4, 0.5) is 0 Å². The normalized spacial score (nSPS) is 14.4. The lowest BCUT2D eigenvalue weighted by atomic mass is 10.1. The number of hydrogen-bond donors (Lipinski definition) is 2. The highest BCUT2D eigenvalue weighted by molar-refractivity contribution is 7.89. The minimum Gasteiger partial charge on any atom is -0.354 e. The highest BCUT2D eigenvalue weighted by Crippen LogP contribution is 2.22. The minimum atomic E-state index is -3.51. The van der Waals surface area contributed by atoms with Gasteiger partial charge < -0.3 is 10.2 Å². The second-order valence-corrected chi connectivity index (χ2v) is 11.2. The van der Waals surface area contributed by atoms with Gasteiger partial charge in [0.25, 0.3) is 0 Å². The third-order valence-electron chi connectivity index (χ3n) is 6.02. The molecule has 1 aliphatic carbocycles. The van der Waals surface area contributed by atoms with Gasteiger partial charge >= 0.3 is 0 Å². The molecule has 0 aliphatic heterocycles. The van der Waals surface area contributed by atoms with Gasteiger partial charge in [-0.2, -0.15) is 0 Å². The molecule has 35 heavy (non-hydrogen) atoms. The van der Waals surface area contributed by atoms with Gasteiger partial charge in [0, 0.05) is 30.6 Å². The molecule has 0 unspecified atom stereocenters. The van der Waals surface area contributed by atoms with Gasteiger partial charge in [-0.15, -0.1) is 0 Å². The number of amides is 2. The molecule has 2 N–H and O–H groups in total. The van der Waals surface area contributed by atoms with Crippen molar-refractivity contribution in [2.45, 2.75) is 75.9 Å². The predicted molar refractivity (Wildman–Crippen MR) is 137 cm³/mol. The molecule has 7 nitrogen and oxygen atoms in total. The van der Waals surface area contributed by atoms with Gasteiger partial charge in [-0.3, -0.25) is 9.59 Å². The second kappa shape index (κ2) is 12.5. The average molecular weight is 520 g/mol. The molecule has 0 radical (unpaired) electrons. The van der Waals surface area contributed by atoms with Crippen molar-refractivity contribution in [3.8, 4) is 0 Å². The number of nitrogens with zero attached hydrogens (tertiary/aromatic N) is 1. The zero-order valence-electron chi connectivity index (χ0n) is 20.3. The van der Waals surface area contributed by atoms with Crippen LogP contribution in [0, 0.1) is 0 Å². The number of sulfonamides is 1. The Balaban J connectivity index is 1.65. The lowest BCUT2D eigenvalue weighted by molar-refractivity contribution is -0.140. The third-order valence-corrected chi connectivity index (χ3v) is 7.81. The third kappa shape index (κ3) is 8.33. The highest BCUT2D eigenvalue weighted by atomic mass is 35.5. The molecule has 1 fully saturated rings. The van der Waals surface area contributed by atoms with E-state index in [1.54, 1.807) is 48.2 Å². The zero-order chi connectivity index (χ0) is 25.4. The van der Waals surface area contributed by atoms with Crippen LogP contribution >= 0.6 is 11.6 Å². The summed E-state index contributed by atoms with van der Waals surface area (Å²) < 4.78 is 27.4. The molecule has 190 valence electrons. The molecule has 3 rings (SSSR count). The first-order chi connectivity index (χ1) is 16.7. The van der Waals surface area contributed by atoms with Gasteiger partial charge in [-0.1, -0.05) is 49.2 Å². The number of carbonyl (C=O) groups excluding carboxylic acids is 2. The molecule has 0 saturated heterocycles. The lowest BCUT2D eigenvalue weighted by Crippen LogP contribution is -2.47. The van der Waals surface area contributed by atoms with Gasteiger partial charge in [-0.25, -0.2) is 13.1 Å². The van der Waals surface area contributed by atoms with Crippen molar-refractivity contribution in [3.05, 3.63) is 64.7 Å². The molecule has 9 heteroatoms. The molecule has 2 amide bonds. The van der Waals surface area contributed by atoms with E-state index < -0.39 is 16.1 Å². The van der Waals surface area contributed by atoms with E-state index >= 15 is 0 Å². The van der Waals surface area contributed by atoms with E-state index in [1.807, 2.05) is 12.1 Å². The first-order valence-corrected chi connectivity index (χ1v) is 14.0. The fourth-order valence-corrected chi connectivity index (χ4v) is 5.06. The topological polar surface area (TPSA) is 95.6 Å². The number of hydrogen-bond acceptors (Lipinski definition) is 4. The number of rotatable bonds is 13. The second-order valence-electron chi connectivity index (χ2n) is 9.01. The molecule has 0 spiro atoms. The summed E-state index contributed by atoms with van der Waals surface area (Å²) in [6, 6.07) is 13.2. The molecule has 1 saturated carbocycles. The smallest absolute Gasteiger partial charge is 0.242 e. The number of halogens is 1. The van der Waals surface area contributed by atoms with Crippen molar-refractivity contribution < 1.29 is 18.0 Å². The Kier molecular flexibility index (Phi) is 9.71. The van der Waals surface area contributed by atoms with Crippen LogP contribution in [0.25, 0.3) is 0 Å². The van der Waals surface area contributed by atoms with Crippen LogP contribution in [-0.4, -0.2) is 43.8 Å². The summed E-state index contributed by atoms with van der Waals surface area (Å²) >= 11 is 5.99. The molecular weight excluding hydrogens is 486 g/mol. The van der Waals surface area contributed by atoms with Crippen LogP contribution in [-0.2, 0) is 32.6 Å². The van der Waals surface area contributed by atoms with E-state index in [0.29, 0.717) is 24.5 Å². The van der Waals surface area contributed by atoms with E-state index in [9.17, 15) is 18.0 Å². The minimum absolute atomic E-state index is 0.0464. The Labute approximate surface area is 213 Å². The van der Waals surface area contributed by atoms with Gasteiger partial charge in [-0.05, 0) is 68.0 Å². The number of nitrogens with one attached hydrogen (secondary N) is 2. The van der Waals surface area contributed by atoms with E-state index in [4.69, 9.17) is 11.6 Å². The van der Waals surface area contributed by atoms with E-state index in [2.05, 4.69) is 17.0 Å². The fourth-order valence-electron chi connectivity index (χ4n) is 3.62. The Bertz CT molecular complexity index is 1100. The van der Waals surface area contributed by atoms with Crippen LogP contribution in [0.3, 0.4) is 0 Å². The highest BCUT2D eigenvalue weighted by Gasteiger charge is 2.28. The van der Waals surface area contributed by atoms with Crippen molar-refractivity contribution >= 4 is 33.4 Å². The summed E-state index contributed by atoms with van der Waals surface area (Å²) in [5.41, 5.74) is 1.74. The number of unbranched alkanes of at least 4 members (excludes halogenated alkanes) is 1. The average Bonchev–Trinajstić information content (AvgIpc) is 3.65. The molecule has 0 heterocycles.